The number of carbonyl (C=O) groups excluding carboxylic acids is 2. The molecule has 0 saturated carbocycles. The monoisotopic (exact) mass is 292 g/mol. The van der Waals surface area contributed by atoms with Gasteiger partial charge in [-0.1, -0.05) is 0 Å². The molecule has 1 aromatic heterocycles. The molecule has 0 bridgehead atoms. The van der Waals surface area contributed by atoms with E-state index in [1.165, 1.54) is 24.3 Å². The van der Waals surface area contributed by atoms with E-state index in [1.54, 1.807) is 6.92 Å². The van der Waals surface area contributed by atoms with Crippen molar-refractivity contribution in [3.63, 3.8) is 0 Å². The largest absolute Gasteiger partial charge is 0.460 e. The summed E-state index contributed by atoms with van der Waals surface area (Å²) in [6, 6.07) is 5.19. The van der Waals surface area contributed by atoms with Gasteiger partial charge in [-0.25, -0.2) is 9.18 Å². The number of ketones is 1. The molecule has 0 aliphatic carbocycles. The maximum absolute atomic E-state index is 12.7. The van der Waals surface area contributed by atoms with Crippen LogP contribution < -0.4 is 5.32 Å². The van der Waals surface area contributed by atoms with Crippen molar-refractivity contribution in [3.8, 4) is 0 Å². The first kappa shape index (κ1) is 14.6. The number of anilines is 1. The standard InChI is InChI=1S/C13H13FN4O3/c1-2-21-12(20)11-16-13(18-17-11)15-7-10(19)8-3-5-9(14)6-4-8/h3-6H,2,7H2,1H3,(H2,15,16,17,18). The van der Waals surface area contributed by atoms with Crippen LogP contribution in [0.2, 0.25) is 0 Å². The van der Waals surface area contributed by atoms with Crippen molar-refractivity contribution in [2.45, 2.75) is 6.92 Å². The van der Waals surface area contributed by atoms with Gasteiger partial charge in [0.1, 0.15) is 5.82 Å². The topological polar surface area (TPSA) is 97.0 Å². The Morgan fingerprint density at radius 2 is 2.05 bits per heavy atom. The van der Waals surface area contributed by atoms with Crippen molar-refractivity contribution < 1.29 is 18.7 Å². The van der Waals surface area contributed by atoms with Crippen molar-refractivity contribution in [1.82, 2.24) is 15.2 Å². The van der Waals surface area contributed by atoms with Crippen LogP contribution in [0.3, 0.4) is 0 Å². The molecule has 0 spiro atoms. The second kappa shape index (κ2) is 6.60. The fourth-order valence-electron chi connectivity index (χ4n) is 1.53. The number of benzene rings is 1. The Hall–Kier alpha value is -2.77. The van der Waals surface area contributed by atoms with Crippen LogP contribution in [-0.4, -0.2) is 40.1 Å². The number of esters is 1. The Morgan fingerprint density at radius 3 is 2.71 bits per heavy atom. The number of nitrogens with one attached hydrogen (secondary N) is 2. The summed E-state index contributed by atoms with van der Waals surface area (Å²) in [6.07, 6.45) is 0. The number of hydrogen-bond donors (Lipinski definition) is 2. The molecule has 0 saturated heterocycles. The van der Waals surface area contributed by atoms with Crippen molar-refractivity contribution in [3.05, 3.63) is 41.5 Å². The summed E-state index contributed by atoms with van der Waals surface area (Å²) in [5.74, 6) is -1.23. The average molecular weight is 292 g/mol. The van der Waals surface area contributed by atoms with E-state index in [4.69, 9.17) is 4.74 Å². The number of carbonyl (C=O) groups is 2. The Morgan fingerprint density at radius 1 is 1.33 bits per heavy atom. The molecule has 21 heavy (non-hydrogen) atoms. The molecule has 1 heterocycles. The Kier molecular flexibility index (Phi) is 4.60. The summed E-state index contributed by atoms with van der Waals surface area (Å²) in [6.45, 7) is 1.83. The van der Waals surface area contributed by atoms with Gasteiger partial charge in [-0.05, 0) is 31.2 Å². The quantitative estimate of drug-likeness (QED) is 0.617. The number of aromatic nitrogens is 3. The van der Waals surface area contributed by atoms with E-state index in [9.17, 15) is 14.0 Å². The lowest BCUT2D eigenvalue weighted by atomic mass is 10.1. The first-order chi connectivity index (χ1) is 10.1. The smallest absolute Gasteiger partial charge is 0.375 e. The molecule has 2 N–H and O–H groups in total. The minimum Gasteiger partial charge on any atom is -0.460 e. The van der Waals surface area contributed by atoms with Crippen LogP contribution >= 0.6 is 0 Å². The van der Waals surface area contributed by atoms with Gasteiger partial charge >= 0.3 is 5.97 Å². The first-order valence-corrected chi connectivity index (χ1v) is 6.22. The van der Waals surface area contributed by atoms with Crippen molar-refractivity contribution in [1.29, 1.82) is 0 Å². The van der Waals surface area contributed by atoms with Crippen molar-refractivity contribution >= 4 is 17.7 Å². The third kappa shape index (κ3) is 3.85. The molecule has 0 unspecified atom stereocenters. The molecule has 110 valence electrons. The highest BCUT2D eigenvalue weighted by atomic mass is 19.1. The second-order valence-electron chi connectivity index (χ2n) is 4.01. The van der Waals surface area contributed by atoms with E-state index in [0.717, 1.165) is 0 Å². The summed E-state index contributed by atoms with van der Waals surface area (Å²) in [7, 11) is 0. The lowest BCUT2D eigenvalue weighted by Crippen LogP contribution is -2.15. The number of Topliss-reactive ketones (excluding diaryl/α,β-unsaturated/α-hetero) is 1. The molecule has 1 aromatic carbocycles. The van der Waals surface area contributed by atoms with Gasteiger partial charge in [-0.3, -0.25) is 9.89 Å². The van der Waals surface area contributed by atoms with Crippen LogP contribution in [0.15, 0.2) is 24.3 Å². The molecule has 0 fully saturated rings. The lowest BCUT2D eigenvalue weighted by molar-refractivity contribution is 0.0512. The molecule has 0 aliphatic rings. The SMILES string of the molecule is CCOC(=O)c1nc(NCC(=O)c2ccc(F)cc2)n[nH]1. The zero-order chi connectivity index (χ0) is 15.2. The maximum atomic E-state index is 12.7. The van der Waals surface area contributed by atoms with E-state index in [-0.39, 0.29) is 30.7 Å². The molecule has 0 amide bonds. The lowest BCUT2D eigenvalue weighted by Gasteiger charge is -2.01. The van der Waals surface area contributed by atoms with Gasteiger partial charge in [0.05, 0.1) is 13.2 Å². The van der Waals surface area contributed by atoms with Crippen molar-refractivity contribution in [2.24, 2.45) is 0 Å². The van der Waals surface area contributed by atoms with Gasteiger partial charge in [0.25, 0.3) is 0 Å². The number of halogens is 1. The number of nitrogens with zero attached hydrogens (tertiary/aromatic N) is 2. The minimum absolute atomic E-state index is 0.0476. The Bertz CT molecular complexity index is 639. The van der Waals surface area contributed by atoms with E-state index < -0.39 is 11.8 Å². The number of hydrogen-bond acceptors (Lipinski definition) is 6. The highest BCUT2D eigenvalue weighted by Crippen LogP contribution is 2.05. The summed E-state index contributed by atoms with van der Waals surface area (Å²) < 4.78 is 17.5. The van der Waals surface area contributed by atoms with E-state index in [0.29, 0.717) is 5.56 Å². The van der Waals surface area contributed by atoms with Crippen molar-refractivity contribution in [2.75, 3.05) is 18.5 Å². The Labute approximate surface area is 119 Å². The van der Waals surface area contributed by atoms with E-state index >= 15 is 0 Å². The first-order valence-electron chi connectivity index (χ1n) is 6.22. The van der Waals surface area contributed by atoms with Gasteiger partial charge < -0.3 is 10.1 Å². The molecule has 8 heteroatoms. The second-order valence-corrected chi connectivity index (χ2v) is 4.01. The van der Waals surface area contributed by atoms with Crippen LogP contribution in [-0.2, 0) is 4.74 Å². The molecule has 2 rings (SSSR count). The number of H-pyrrole nitrogens is 1. The number of rotatable bonds is 6. The zero-order valence-corrected chi connectivity index (χ0v) is 11.2. The minimum atomic E-state index is -0.622. The van der Waals surface area contributed by atoms with Crippen LogP contribution in [0.25, 0.3) is 0 Å². The number of aromatic amines is 1. The van der Waals surface area contributed by atoms with Crippen LogP contribution in [0.4, 0.5) is 10.3 Å². The van der Waals surface area contributed by atoms with Gasteiger partial charge in [0.15, 0.2) is 5.78 Å². The normalized spacial score (nSPS) is 10.2. The van der Waals surface area contributed by atoms with Gasteiger partial charge in [-0.15, -0.1) is 5.10 Å². The molecular weight excluding hydrogens is 279 g/mol. The van der Waals surface area contributed by atoms with Crippen LogP contribution in [0.5, 0.6) is 0 Å². The summed E-state index contributed by atoms with van der Waals surface area (Å²) >= 11 is 0. The van der Waals surface area contributed by atoms with E-state index in [2.05, 4.69) is 20.5 Å². The highest BCUT2D eigenvalue weighted by molar-refractivity contribution is 5.98. The molecular formula is C13H13FN4O3. The Balaban J connectivity index is 1.92. The third-order valence-corrected chi connectivity index (χ3v) is 2.53. The zero-order valence-electron chi connectivity index (χ0n) is 11.2. The van der Waals surface area contributed by atoms with Gasteiger partial charge in [0, 0.05) is 5.56 Å². The van der Waals surface area contributed by atoms with E-state index in [1.807, 2.05) is 0 Å². The number of ether oxygens (including phenoxy) is 1. The van der Waals surface area contributed by atoms with Gasteiger partial charge in [-0.2, -0.15) is 4.98 Å². The van der Waals surface area contributed by atoms with Gasteiger partial charge in [0.2, 0.25) is 11.8 Å². The molecule has 7 nitrogen and oxygen atoms in total. The fourth-order valence-corrected chi connectivity index (χ4v) is 1.53. The van der Waals surface area contributed by atoms with Crippen LogP contribution in [0, 0.1) is 5.82 Å². The predicted octanol–water partition coefficient (Wildman–Crippen LogP) is 1.42. The highest BCUT2D eigenvalue weighted by Gasteiger charge is 2.13. The molecule has 2 aromatic rings. The maximum Gasteiger partial charge on any atom is 0.375 e. The molecule has 0 atom stereocenters. The summed E-state index contributed by atoms with van der Waals surface area (Å²) in [5, 5.41) is 8.81. The fraction of sp³-hybridized carbons (Fsp3) is 0.231. The third-order valence-electron chi connectivity index (χ3n) is 2.53. The van der Waals surface area contributed by atoms with Crippen LogP contribution in [0.1, 0.15) is 27.9 Å². The average Bonchev–Trinajstić information content (AvgIpc) is 2.95. The molecule has 0 aliphatic heterocycles. The molecule has 0 radical (unpaired) electrons. The summed E-state index contributed by atoms with van der Waals surface area (Å²) in [5.41, 5.74) is 0.366. The summed E-state index contributed by atoms with van der Waals surface area (Å²) in [4.78, 5) is 27.0. The predicted molar refractivity (Wildman–Crippen MR) is 71.6 cm³/mol.